The SMILES string of the molecule is Cc1nc(Oc2cc([N+](=O)[O-])ccc2N2CCN(C(=O)OC(C)(C)C)CC2)sc1C(N)=O. The third-order valence-electron chi connectivity index (χ3n) is 4.62. The second-order valence-electron chi connectivity index (χ2n) is 8.22. The summed E-state index contributed by atoms with van der Waals surface area (Å²) in [6.07, 6.45) is -0.380. The Morgan fingerprint density at radius 3 is 2.41 bits per heavy atom. The van der Waals surface area contributed by atoms with E-state index in [4.69, 9.17) is 15.2 Å². The molecule has 3 rings (SSSR count). The molecule has 0 spiro atoms. The van der Waals surface area contributed by atoms with Crippen LogP contribution in [-0.4, -0.2) is 58.6 Å². The summed E-state index contributed by atoms with van der Waals surface area (Å²) in [7, 11) is 0. The first-order valence-electron chi connectivity index (χ1n) is 9.91. The third-order valence-corrected chi connectivity index (χ3v) is 5.67. The Kier molecular flexibility index (Phi) is 6.53. The van der Waals surface area contributed by atoms with Crippen molar-refractivity contribution in [2.45, 2.75) is 33.3 Å². The Labute approximate surface area is 188 Å². The van der Waals surface area contributed by atoms with Crippen molar-refractivity contribution in [2.75, 3.05) is 31.1 Å². The number of thiazole rings is 1. The minimum absolute atomic E-state index is 0.139. The molecule has 1 aliphatic rings. The lowest BCUT2D eigenvalue weighted by atomic mass is 10.2. The highest BCUT2D eigenvalue weighted by Gasteiger charge is 2.28. The quantitative estimate of drug-likeness (QED) is 0.526. The molecule has 2 aromatic rings. The number of benzene rings is 1. The number of aromatic nitrogens is 1. The van der Waals surface area contributed by atoms with Gasteiger partial charge in [0.15, 0.2) is 5.75 Å². The molecule has 1 saturated heterocycles. The molecule has 0 saturated carbocycles. The van der Waals surface area contributed by atoms with Crippen LogP contribution in [-0.2, 0) is 4.74 Å². The largest absolute Gasteiger partial charge is 0.444 e. The highest BCUT2D eigenvalue weighted by Crippen LogP contribution is 2.38. The van der Waals surface area contributed by atoms with Gasteiger partial charge in [0, 0.05) is 32.2 Å². The zero-order valence-electron chi connectivity index (χ0n) is 18.3. The molecule has 2 N–H and O–H groups in total. The van der Waals surface area contributed by atoms with E-state index in [1.807, 2.05) is 25.7 Å². The molecule has 0 radical (unpaired) electrons. The Bertz CT molecular complexity index is 1040. The van der Waals surface area contributed by atoms with Gasteiger partial charge in [0.05, 0.1) is 22.4 Å². The highest BCUT2D eigenvalue weighted by molar-refractivity contribution is 7.15. The van der Waals surface area contributed by atoms with Crippen molar-refractivity contribution in [1.82, 2.24) is 9.88 Å². The molecule has 11 nitrogen and oxygen atoms in total. The average molecular weight is 464 g/mol. The number of rotatable bonds is 5. The van der Waals surface area contributed by atoms with Crippen LogP contribution < -0.4 is 15.4 Å². The van der Waals surface area contributed by atoms with Crippen molar-refractivity contribution in [2.24, 2.45) is 5.73 Å². The molecule has 2 heterocycles. The van der Waals surface area contributed by atoms with Crippen molar-refractivity contribution in [3.05, 3.63) is 38.9 Å². The van der Waals surface area contributed by atoms with Crippen molar-refractivity contribution in [3.63, 3.8) is 0 Å². The number of ether oxygens (including phenoxy) is 2. The van der Waals surface area contributed by atoms with Crippen LogP contribution in [0.2, 0.25) is 0 Å². The maximum absolute atomic E-state index is 12.3. The summed E-state index contributed by atoms with van der Waals surface area (Å²) in [6, 6.07) is 4.31. The maximum atomic E-state index is 12.3. The molecule has 12 heteroatoms. The normalized spacial score (nSPS) is 14.2. The summed E-state index contributed by atoms with van der Waals surface area (Å²) < 4.78 is 11.3. The molecule has 172 valence electrons. The number of carbonyl (C=O) groups excluding carboxylic acids is 2. The number of aryl methyl sites for hydroxylation is 1. The number of nitro benzene ring substituents is 1. The fourth-order valence-corrected chi connectivity index (χ4v) is 3.94. The van der Waals surface area contributed by atoms with E-state index in [-0.39, 0.29) is 27.6 Å². The van der Waals surface area contributed by atoms with Gasteiger partial charge in [0.1, 0.15) is 10.5 Å². The number of primary amides is 1. The number of hydrogen-bond acceptors (Lipinski definition) is 9. The standard InChI is InChI=1S/C20H25N5O6S/c1-12-16(17(21)26)32-18(22-12)30-15-11-13(25(28)29)5-6-14(15)23-7-9-24(10-8-23)19(27)31-20(2,3)4/h5-6,11H,7-10H2,1-4H3,(H2,21,26). The molecular weight excluding hydrogens is 438 g/mol. The smallest absolute Gasteiger partial charge is 0.410 e. The summed E-state index contributed by atoms with van der Waals surface area (Å²) in [5.74, 6) is -0.387. The lowest BCUT2D eigenvalue weighted by Gasteiger charge is -2.37. The molecule has 0 bridgehead atoms. The molecule has 2 amide bonds. The number of nitro groups is 1. The fraction of sp³-hybridized carbons (Fsp3) is 0.450. The van der Waals surface area contributed by atoms with Crippen LogP contribution >= 0.6 is 11.3 Å². The molecule has 1 aliphatic heterocycles. The summed E-state index contributed by atoms with van der Waals surface area (Å²) in [5, 5.41) is 11.4. The van der Waals surface area contributed by atoms with Crippen LogP contribution in [0.1, 0.15) is 36.1 Å². The Hall–Kier alpha value is -3.41. The Morgan fingerprint density at radius 2 is 1.88 bits per heavy atom. The summed E-state index contributed by atoms with van der Waals surface area (Å²) in [6.45, 7) is 8.88. The van der Waals surface area contributed by atoms with Gasteiger partial charge in [-0.3, -0.25) is 14.9 Å². The third kappa shape index (κ3) is 5.44. The van der Waals surface area contributed by atoms with Crippen LogP contribution in [0.5, 0.6) is 10.9 Å². The first-order chi connectivity index (χ1) is 14.9. The molecule has 0 aliphatic carbocycles. The van der Waals surface area contributed by atoms with Crippen LogP contribution in [0.15, 0.2) is 18.2 Å². The van der Waals surface area contributed by atoms with Gasteiger partial charge in [-0.2, -0.15) is 0 Å². The van der Waals surface area contributed by atoms with E-state index in [0.29, 0.717) is 37.6 Å². The number of piperazine rings is 1. The lowest BCUT2D eigenvalue weighted by Crippen LogP contribution is -2.50. The van der Waals surface area contributed by atoms with E-state index in [1.54, 1.807) is 17.9 Å². The molecule has 32 heavy (non-hydrogen) atoms. The number of anilines is 1. The van der Waals surface area contributed by atoms with Gasteiger partial charge < -0.3 is 25.0 Å². The van der Waals surface area contributed by atoms with Crippen LogP contribution in [0, 0.1) is 17.0 Å². The lowest BCUT2D eigenvalue weighted by molar-refractivity contribution is -0.384. The number of nitrogens with zero attached hydrogens (tertiary/aromatic N) is 4. The zero-order chi connectivity index (χ0) is 23.6. The minimum atomic E-state index is -0.618. The van der Waals surface area contributed by atoms with Gasteiger partial charge in [-0.25, -0.2) is 9.78 Å². The number of non-ortho nitro benzene ring substituents is 1. The maximum Gasteiger partial charge on any atom is 0.410 e. The predicted octanol–water partition coefficient (Wildman–Crippen LogP) is 3.31. The van der Waals surface area contributed by atoms with Crippen molar-refractivity contribution in [1.29, 1.82) is 0 Å². The van der Waals surface area contributed by atoms with Crippen LogP contribution in [0.25, 0.3) is 0 Å². The van der Waals surface area contributed by atoms with Gasteiger partial charge >= 0.3 is 6.09 Å². The van der Waals surface area contributed by atoms with E-state index in [1.165, 1.54) is 12.1 Å². The second-order valence-corrected chi connectivity index (χ2v) is 9.19. The first-order valence-corrected chi connectivity index (χ1v) is 10.7. The topological polar surface area (TPSA) is 141 Å². The number of hydrogen-bond donors (Lipinski definition) is 1. The van der Waals surface area contributed by atoms with E-state index in [0.717, 1.165) is 11.3 Å². The summed E-state index contributed by atoms with van der Waals surface area (Å²) in [4.78, 5) is 42.6. The van der Waals surface area contributed by atoms with Gasteiger partial charge in [0.25, 0.3) is 16.8 Å². The minimum Gasteiger partial charge on any atom is -0.444 e. The van der Waals surface area contributed by atoms with E-state index in [9.17, 15) is 19.7 Å². The van der Waals surface area contributed by atoms with Gasteiger partial charge in [-0.1, -0.05) is 11.3 Å². The molecular formula is C20H25N5O6S. The van der Waals surface area contributed by atoms with Gasteiger partial charge in [-0.05, 0) is 33.8 Å². The van der Waals surface area contributed by atoms with Crippen molar-refractivity contribution >= 4 is 34.7 Å². The molecule has 1 aromatic carbocycles. The Morgan fingerprint density at radius 1 is 1.22 bits per heavy atom. The van der Waals surface area contributed by atoms with E-state index < -0.39 is 16.4 Å². The zero-order valence-corrected chi connectivity index (χ0v) is 19.1. The molecule has 0 atom stereocenters. The molecule has 1 fully saturated rings. The Balaban J connectivity index is 1.81. The number of carbonyl (C=O) groups is 2. The second kappa shape index (κ2) is 8.99. The number of nitrogens with two attached hydrogens (primary N) is 1. The predicted molar refractivity (Wildman–Crippen MR) is 119 cm³/mol. The summed E-state index contributed by atoms with van der Waals surface area (Å²) >= 11 is 0.976. The van der Waals surface area contributed by atoms with E-state index in [2.05, 4.69) is 4.98 Å². The molecule has 0 unspecified atom stereocenters. The summed E-state index contributed by atoms with van der Waals surface area (Å²) in [5.41, 5.74) is 5.67. The van der Waals surface area contributed by atoms with Crippen LogP contribution in [0.4, 0.5) is 16.2 Å². The first kappa shape index (κ1) is 23.3. The fourth-order valence-electron chi connectivity index (χ4n) is 3.15. The number of amides is 2. The monoisotopic (exact) mass is 463 g/mol. The van der Waals surface area contributed by atoms with Gasteiger partial charge in [0.2, 0.25) is 0 Å². The van der Waals surface area contributed by atoms with E-state index >= 15 is 0 Å². The van der Waals surface area contributed by atoms with Crippen molar-refractivity contribution < 1.29 is 24.0 Å². The molecule has 1 aromatic heterocycles. The van der Waals surface area contributed by atoms with Crippen LogP contribution in [0.3, 0.4) is 0 Å². The highest BCUT2D eigenvalue weighted by atomic mass is 32.1. The average Bonchev–Trinajstić information content (AvgIpc) is 3.07. The van der Waals surface area contributed by atoms with Gasteiger partial charge in [-0.15, -0.1) is 0 Å². The van der Waals surface area contributed by atoms with Crippen molar-refractivity contribution in [3.8, 4) is 10.9 Å².